The van der Waals surface area contributed by atoms with E-state index in [4.69, 9.17) is 28.6 Å². The Bertz CT molecular complexity index is 1060. The highest BCUT2D eigenvalue weighted by atomic mass is 35.5. The SMILES string of the molecule is CCOc1ccc(-c2n[nH]c(=S)n2/N=C/c2cc([N+](=O)[O-])ccc2Cl)cc1. The molecule has 0 saturated carbocycles. The molecule has 0 amide bonds. The Kier molecular flexibility index (Phi) is 5.63. The lowest BCUT2D eigenvalue weighted by molar-refractivity contribution is -0.384. The average Bonchev–Trinajstić information content (AvgIpc) is 3.02. The molecule has 1 aromatic heterocycles. The van der Waals surface area contributed by atoms with Crippen LogP contribution in [0.3, 0.4) is 0 Å². The van der Waals surface area contributed by atoms with Crippen molar-refractivity contribution in [1.82, 2.24) is 14.9 Å². The van der Waals surface area contributed by atoms with E-state index in [1.54, 1.807) is 0 Å². The van der Waals surface area contributed by atoms with E-state index in [2.05, 4.69) is 15.3 Å². The van der Waals surface area contributed by atoms with Crippen LogP contribution in [0, 0.1) is 14.9 Å². The van der Waals surface area contributed by atoms with Gasteiger partial charge in [0.2, 0.25) is 4.77 Å². The van der Waals surface area contributed by atoms with Crippen LogP contribution in [0.4, 0.5) is 5.69 Å². The van der Waals surface area contributed by atoms with Crippen molar-refractivity contribution in [3.8, 4) is 17.1 Å². The maximum atomic E-state index is 10.9. The van der Waals surface area contributed by atoms with Crippen LogP contribution in [-0.4, -0.2) is 32.6 Å². The van der Waals surface area contributed by atoms with Crippen molar-refractivity contribution < 1.29 is 9.66 Å². The zero-order valence-corrected chi connectivity index (χ0v) is 15.7. The number of benzene rings is 2. The first-order chi connectivity index (χ1) is 13.0. The standard InChI is InChI=1S/C17H14ClN5O3S/c1-2-26-14-6-3-11(4-7-14)16-20-21-17(27)22(16)19-10-12-9-13(23(24)25)5-8-15(12)18/h3-10H,2H2,1H3,(H,21,27)/b19-10+. The summed E-state index contributed by atoms with van der Waals surface area (Å²) >= 11 is 11.3. The minimum absolute atomic E-state index is 0.0802. The highest BCUT2D eigenvalue weighted by molar-refractivity contribution is 7.71. The van der Waals surface area contributed by atoms with Gasteiger partial charge in [-0.2, -0.15) is 14.9 Å². The fourth-order valence-electron chi connectivity index (χ4n) is 2.32. The summed E-state index contributed by atoms with van der Waals surface area (Å²) < 4.78 is 7.12. The number of aromatic amines is 1. The summed E-state index contributed by atoms with van der Waals surface area (Å²) in [5, 5.41) is 22.4. The fourth-order valence-corrected chi connectivity index (χ4v) is 2.66. The van der Waals surface area contributed by atoms with E-state index < -0.39 is 4.92 Å². The number of halogens is 1. The van der Waals surface area contributed by atoms with E-state index in [1.807, 2.05) is 31.2 Å². The molecular weight excluding hydrogens is 390 g/mol. The van der Waals surface area contributed by atoms with Gasteiger partial charge < -0.3 is 4.74 Å². The lowest BCUT2D eigenvalue weighted by Gasteiger charge is -2.05. The largest absolute Gasteiger partial charge is 0.494 e. The number of non-ortho nitro benzene ring substituents is 1. The Labute approximate surface area is 164 Å². The van der Waals surface area contributed by atoms with E-state index >= 15 is 0 Å². The topological polar surface area (TPSA) is 98.3 Å². The van der Waals surface area contributed by atoms with Gasteiger partial charge in [0.15, 0.2) is 5.82 Å². The third kappa shape index (κ3) is 4.21. The summed E-state index contributed by atoms with van der Waals surface area (Å²) in [6, 6.07) is 11.4. The van der Waals surface area contributed by atoms with Gasteiger partial charge in [-0.1, -0.05) is 11.6 Å². The zero-order chi connectivity index (χ0) is 19.4. The number of nitro benzene ring substituents is 1. The average molecular weight is 404 g/mol. The van der Waals surface area contributed by atoms with Crippen molar-refractivity contribution in [2.75, 3.05) is 6.61 Å². The summed E-state index contributed by atoms with van der Waals surface area (Å²) in [5.74, 6) is 1.23. The summed E-state index contributed by atoms with van der Waals surface area (Å²) in [5.41, 5.74) is 1.09. The molecule has 0 bridgehead atoms. The Morgan fingerprint density at radius 2 is 2.11 bits per heavy atom. The summed E-state index contributed by atoms with van der Waals surface area (Å²) in [6.07, 6.45) is 1.40. The summed E-state index contributed by atoms with van der Waals surface area (Å²) in [7, 11) is 0. The number of ether oxygens (including phenoxy) is 1. The number of hydrogen-bond donors (Lipinski definition) is 1. The van der Waals surface area contributed by atoms with E-state index in [0.29, 0.717) is 23.0 Å². The van der Waals surface area contributed by atoms with Gasteiger partial charge in [0.1, 0.15) is 5.75 Å². The number of nitrogens with zero attached hydrogens (tertiary/aromatic N) is 4. The first-order valence-corrected chi connectivity index (χ1v) is 8.67. The second-order valence-corrected chi connectivity index (χ2v) is 6.12. The molecule has 3 aromatic rings. The Hall–Kier alpha value is -3.04. The van der Waals surface area contributed by atoms with Crippen molar-refractivity contribution in [1.29, 1.82) is 0 Å². The number of H-pyrrole nitrogens is 1. The smallest absolute Gasteiger partial charge is 0.270 e. The molecule has 8 nitrogen and oxygen atoms in total. The first kappa shape index (κ1) is 18.7. The molecule has 10 heteroatoms. The lowest BCUT2D eigenvalue weighted by atomic mass is 10.2. The molecule has 0 aliphatic rings. The number of nitro groups is 1. The highest BCUT2D eigenvalue weighted by Gasteiger charge is 2.11. The number of hydrogen-bond acceptors (Lipinski definition) is 6. The molecular formula is C17H14ClN5O3S. The fraction of sp³-hybridized carbons (Fsp3) is 0.118. The van der Waals surface area contributed by atoms with Crippen LogP contribution < -0.4 is 4.74 Å². The van der Waals surface area contributed by atoms with Gasteiger partial charge in [-0.25, -0.2) is 5.10 Å². The molecule has 0 spiro atoms. The van der Waals surface area contributed by atoms with Crippen LogP contribution in [0.25, 0.3) is 11.4 Å². The van der Waals surface area contributed by atoms with Gasteiger partial charge in [-0.05, 0) is 49.5 Å². The van der Waals surface area contributed by atoms with E-state index in [1.165, 1.54) is 29.1 Å². The van der Waals surface area contributed by atoms with Gasteiger partial charge in [0.05, 0.1) is 17.7 Å². The van der Waals surface area contributed by atoms with Crippen molar-refractivity contribution in [3.05, 3.63) is 67.9 Å². The maximum Gasteiger partial charge on any atom is 0.270 e. The van der Waals surface area contributed by atoms with Crippen LogP contribution in [0.5, 0.6) is 5.75 Å². The third-order valence-corrected chi connectivity index (χ3v) is 4.19. The molecule has 138 valence electrons. The molecule has 0 aliphatic heterocycles. The molecule has 0 unspecified atom stereocenters. The molecule has 1 N–H and O–H groups in total. The number of rotatable bonds is 6. The Balaban J connectivity index is 1.96. The maximum absolute atomic E-state index is 10.9. The molecule has 3 rings (SSSR count). The summed E-state index contributed by atoms with van der Waals surface area (Å²) in [6.45, 7) is 2.49. The van der Waals surface area contributed by atoms with Crippen molar-refractivity contribution in [2.45, 2.75) is 6.92 Å². The Morgan fingerprint density at radius 3 is 2.78 bits per heavy atom. The van der Waals surface area contributed by atoms with Crippen LogP contribution in [0.2, 0.25) is 5.02 Å². The zero-order valence-electron chi connectivity index (χ0n) is 14.1. The lowest BCUT2D eigenvalue weighted by Crippen LogP contribution is -1.97. The normalized spacial score (nSPS) is 11.0. The first-order valence-electron chi connectivity index (χ1n) is 7.88. The molecule has 1 heterocycles. The molecule has 0 aliphatic carbocycles. The van der Waals surface area contributed by atoms with Gasteiger partial charge in [-0.3, -0.25) is 10.1 Å². The van der Waals surface area contributed by atoms with Gasteiger partial charge in [-0.15, -0.1) is 0 Å². The molecule has 0 saturated heterocycles. The van der Waals surface area contributed by atoms with E-state index in [-0.39, 0.29) is 10.5 Å². The quantitative estimate of drug-likeness (QED) is 0.284. The Morgan fingerprint density at radius 1 is 1.37 bits per heavy atom. The molecule has 2 aromatic carbocycles. The molecule has 0 radical (unpaired) electrons. The van der Waals surface area contributed by atoms with Crippen molar-refractivity contribution in [3.63, 3.8) is 0 Å². The van der Waals surface area contributed by atoms with Crippen molar-refractivity contribution >= 4 is 35.7 Å². The monoisotopic (exact) mass is 403 g/mol. The summed E-state index contributed by atoms with van der Waals surface area (Å²) in [4.78, 5) is 10.4. The third-order valence-electron chi connectivity index (χ3n) is 3.58. The predicted molar refractivity (Wildman–Crippen MR) is 105 cm³/mol. The molecule has 0 atom stereocenters. The number of nitrogens with one attached hydrogen (secondary N) is 1. The van der Waals surface area contributed by atoms with Gasteiger partial charge in [0, 0.05) is 28.3 Å². The minimum atomic E-state index is -0.497. The van der Waals surface area contributed by atoms with Crippen molar-refractivity contribution in [2.24, 2.45) is 5.10 Å². The highest BCUT2D eigenvalue weighted by Crippen LogP contribution is 2.23. The van der Waals surface area contributed by atoms with Crippen LogP contribution in [-0.2, 0) is 0 Å². The van der Waals surface area contributed by atoms with E-state index in [9.17, 15) is 10.1 Å². The minimum Gasteiger partial charge on any atom is -0.494 e. The second kappa shape index (κ2) is 8.11. The second-order valence-electron chi connectivity index (χ2n) is 5.33. The predicted octanol–water partition coefficient (Wildman–Crippen LogP) is 4.45. The molecule has 0 fully saturated rings. The van der Waals surface area contributed by atoms with Crippen LogP contribution in [0.1, 0.15) is 12.5 Å². The van der Waals surface area contributed by atoms with Gasteiger partial charge in [0.25, 0.3) is 5.69 Å². The van der Waals surface area contributed by atoms with Crippen LogP contribution >= 0.6 is 23.8 Å². The van der Waals surface area contributed by atoms with Crippen LogP contribution in [0.15, 0.2) is 47.6 Å². The molecule has 27 heavy (non-hydrogen) atoms. The van der Waals surface area contributed by atoms with E-state index in [0.717, 1.165) is 11.3 Å². The van der Waals surface area contributed by atoms with Gasteiger partial charge >= 0.3 is 0 Å². The number of aromatic nitrogens is 3.